The van der Waals surface area contributed by atoms with Crippen molar-refractivity contribution in [1.82, 2.24) is 4.98 Å². The second-order valence-electron chi connectivity index (χ2n) is 7.66. The molecule has 1 aromatic heterocycles. The molecule has 0 aliphatic rings. The highest BCUT2D eigenvalue weighted by Crippen LogP contribution is 2.35. The second-order valence-corrected chi connectivity index (χ2v) is 8.90. The molecule has 9 nitrogen and oxygen atoms in total. The van der Waals surface area contributed by atoms with Crippen LogP contribution in [0.3, 0.4) is 0 Å². The Hall–Kier alpha value is -3.37. The number of carbonyl (C=O) groups is 1. The highest BCUT2D eigenvalue weighted by molar-refractivity contribution is 7.14. The van der Waals surface area contributed by atoms with Gasteiger partial charge < -0.3 is 0 Å². The van der Waals surface area contributed by atoms with E-state index >= 15 is 0 Å². The van der Waals surface area contributed by atoms with E-state index in [-0.39, 0.29) is 16.1 Å². The number of amides is 1. The second kappa shape index (κ2) is 8.40. The Kier molecular flexibility index (Phi) is 6.05. The molecular weight excluding hydrogens is 444 g/mol. The molecule has 2 aromatic carbocycles. The van der Waals surface area contributed by atoms with Gasteiger partial charge in [0, 0.05) is 23.1 Å². The van der Waals surface area contributed by atoms with Gasteiger partial charge in [0.05, 0.1) is 21.1 Å². The maximum atomic E-state index is 12.5. The van der Waals surface area contributed by atoms with Gasteiger partial charge in [-0.25, -0.2) is 4.98 Å². The van der Waals surface area contributed by atoms with Crippen LogP contribution in [0.5, 0.6) is 0 Å². The predicted octanol–water partition coefficient (Wildman–Crippen LogP) is 5.83. The average molecular weight is 461 g/mol. The monoisotopic (exact) mass is 460 g/mol. The summed E-state index contributed by atoms with van der Waals surface area (Å²) < 4.78 is 0. The number of nitro groups is 2. The average Bonchev–Trinajstić information content (AvgIpc) is 3.15. The highest BCUT2D eigenvalue weighted by Gasteiger charge is 2.27. The molecule has 160 valence electrons. The molecule has 3 aromatic rings. The van der Waals surface area contributed by atoms with E-state index in [1.807, 2.05) is 24.3 Å². The Morgan fingerprint density at radius 3 is 2.10 bits per heavy atom. The molecule has 1 amide bonds. The minimum atomic E-state index is -0.880. The summed E-state index contributed by atoms with van der Waals surface area (Å²) in [6, 6.07) is 9.69. The van der Waals surface area contributed by atoms with Crippen molar-refractivity contribution in [1.29, 1.82) is 0 Å². The minimum absolute atomic E-state index is 0.0174. The fourth-order valence-electron chi connectivity index (χ4n) is 2.77. The van der Waals surface area contributed by atoms with Crippen LogP contribution in [0.15, 0.2) is 41.8 Å². The van der Waals surface area contributed by atoms with Gasteiger partial charge in [-0.15, -0.1) is 11.3 Å². The van der Waals surface area contributed by atoms with Gasteiger partial charge in [0.1, 0.15) is 0 Å². The molecule has 0 aliphatic carbocycles. The quantitative estimate of drug-likeness (QED) is 0.376. The van der Waals surface area contributed by atoms with Gasteiger partial charge in [0.25, 0.3) is 17.3 Å². The molecule has 0 aliphatic heterocycles. The van der Waals surface area contributed by atoms with E-state index in [4.69, 9.17) is 11.6 Å². The van der Waals surface area contributed by atoms with Crippen molar-refractivity contribution < 1.29 is 14.6 Å². The van der Waals surface area contributed by atoms with Gasteiger partial charge in [-0.3, -0.25) is 30.3 Å². The van der Waals surface area contributed by atoms with Crippen LogP contribution in [0.4, 0.5) is 16.5 Å². The Labute approximate surface area is 186 Å². The first-order valence-corrected chi connectivity index (χ1v) is 10.2. The summed E-state index contributed by atoms with van der Waals surface area (Å²) in [5.41, 5.74) is 0.986. The number of nitrogens with zero attached hydrogens (tertiary/aromatic N) is 3. The van der Waals surface area contributed by atoms with Gasteiger partial charge in [0.2, 0.25) is 0 Å². The predicted molar refractivity (Wildman–Crippen MR) is 119 cm³/mol. The van der Waals surface area contributed by atoms with Gasteiger partial charge in [0.15, 0.2) is 10.2 Å². The third kappa shape index (κ3) is 4.86. The summed E-state index contributed by atoms with van der Waals surface area (Å²) in [5, 5.41) is 26.2. The Bertz CT molecular complexity index is 1150. The number of anilines is 1. The molecule has 0 atom stereocenters. The number of carbonyl (C=O) groups excluding carboxylic acids is 1. The lowest BCUT2D eigenvalue weighted by Crippen LogP contribution is -2.13. The molecule has 11 heteroatoms. The number of nitrogens with one attached hydrogen (secondary N) is 1. The fraction of sp³-hybridized carbons (Fsp3) is 0.200. The summed E-state index contributed by atoms with van der Waals surface area (Å²) in [4.78, 5) is 37.4. The van der Waals surface area contributed by atoms with E-state index in [0.717, 1.165) is 29.0 Å². The molecule has 0 fully saturated rings. The first-order chi connectivity index (χ1) is 14.5. The molecule has 1 N–H and O–H groups in total. The summed E-state index contributed by atoms with van der Waals surface area (Å²) in [6.45, 7) is 6.35. The van der Waals surface area contributed by atoms with Crippen molar-refractivity contribution >= 4 is 45.4 Å². The summed E-state index contributed by atoms with van der Waals surface area (Å²) in [6.07, 6.45) is 0. The van der Waals surface area contributed by atoms with E-state index in [0.29, 0.717) is 5.69 Å². The number of halogens is 1. The van der Waals surface area contributed by atoms with Gasteiger partial charge in [-0.2, -0.15) is 0 Å². The standard InChI is InChI=1S/C20H17ClN4O5S/c1-20(2,3)13-6-4-11(5-7-13)14-10-31-19(22-14)23-18(26)12-8-15(24(27)28)17(21)16(9-12)25(29)30/h4-10H,1-3H3,(H,22,23,26). The van der Waals surface area contributed by atoms with Crippen molar-refractivity contribution in [3.05, 3.63) is 78.2 Å². The fourth-order valence-corrected chi connectivity index (χ4v) is 3.73. The van der Waals surface area contributed by atoms with Gasteiger partial charge >= 0.3 is 0 Å². The van der Waals surface area contributed by atoms with Crippen LogP contribution in [0.2, 0.25) is 5.02 Å². The smallest absolute Gasteiger partial charge is 0.295 e. The van der Waals surface area contributed by atoms with Gasteiger partial charge in [-0.05, 0) is 11.0 Å². The number of rotatable bonds is 5. The zero-order valence-corrected chi connectivity index (χ0v) is 18.3. The van der Waals surface area contributed by atoms with Crippen molar-refractivity contribution in [2.24, 2.45) is 0 Å². The van der Waals surface area contributed by atoms with Crippen LogP contribution in [0.25, 0.3) is 11.3 Å². The maximum Gasteiger partial charge on any atom is 0.295 e. The van der Waals surface area contributed by atoms with Crippen molar-refractivity contribution in [2.75, 3.05) is 5.32 Å². The number of benzene rings is 2. The van der Waals surface area contributed by atoms with Crippen LogP contribution in [0.1, 0.15) is 36.7 Å². The highest BCUT2D eigenvalue weighted by atomic mass is 35.5. The molecule has 0 radical (unpaired) electrons. The number of nitro benzene ring substituents is 2. The summed E-state index contributed by atoms with van der Waals surface area (Å²) in [7, 11) is 0. The minimum Gasteiger partial charge on any atom is -0.298 e. The molecule has 0 unspecified atom stereocenters. The Morgan fingerprint density at radius 1 is 1.06 bits per heavy atom. The summed E-state index contributed by atoms with van der Waals surface area (Å²) >= 11 is 6.89. The van der Waals surface area contributed by atoms with Crippen LogP contribution >= 0.6 is 22.9 Å². The van der Waals surface area contributed by atoms with E-state index in [1.54, 1.807) is 5.38 Å². The molecule has 31 heavy (non-hydrogen) atoms. The zero-order valence-electron chi connectivity index (χ0n) is 16.7. The Morgan fingerprint density at radius 2 is 1.61 bits per heavy atom. The van der Waals surface area contributed by atoms with E-state index in [9.17, 15) is 25.0 Å². The van der Waals surface area contributed by atoms with Crippen LogP contribution < -0.4 is 5.32 Å². The molecule has 3 rings (SSSR count). The number of hydrogen-bond donors (Lipinski definition) is 1. The molecule has 1 heterocycles. The maximum absolute atomic E-state index is 12.5. The lowest BCUT2D eigenvalue weighted by molar-refractivity contribution is -0.393. The summed E-state index contributed by atoms with van der Waals surface area (Å²) in [5.74, 6) is -0.771. The van der Waals surface area contributed by atoms with Crippen LogP contribution in [-0.2, 0) is 5.41 Å². The van der Waals surface area contributed by atoms with Crippen molar-refractivity contribution in [3.8, 4) is 11.3 Å². The normalized spacial score (nSPS) is 11.2. The Balaban J connectivity index is 1.85. The van der Waals surface area contributed by atoms with E-state index in [2.05, 4.69) is 31.1 Å². The molecule has 0 bridgehead atoms. The lowest BCUT2D eigenvalue weighted by atomic mass is 9.86. The molecular formula is C20H17ClN4O5S. The zero-order chi connectivity index (χ0) is 22.9. The van der Waals surface area contributed by atoms with Crippen molar-refractivity contribution in [3.63, 3.8) is 0 Å². The molecule has 0 spiro atoms. The largest absolute Gasteiger partial charge is 0.298 e. The molecule has 0 saturated heterocycles. The van der Waals surface area contributed by atoms with Crippen LogP contribution in [-0.4, -0.2) is 20.7 Å². The van der Waals surface area contributed by atoms with E-state index < -0.39 is 32.2 Å². The van der Waals surface area contributed by atoms with Gasteiger partial charge in [-0.1, -0.05) is 56.6 Å². The number of hydrogen-bond acceptors (Lipinski definition) is 7. The van der Waals surface area contributed by atoms with Crippen LogP contribution in [0, 0.1) is 20.2 Å². The third-order valence-electron chi connectivity index (χ3n) is 4.46. The lowest BCUT2D eigenvalue weighted by Gasteiger charge is -2.18. The number of aromatic nitrogens is 1. The van der Waals surface area contributed by atoms with E-state index in [1.165, 1.54) is 5.56 Å². The first-order valence-electron chi connectivity index (χ1n) is 8.97. The first kappa shape index (κ1) is 22.3. The van der Waals surface area contributed by atoms with Crippen molar-refractivity contribution in [2.45, 2.75) is 26.2 Å². The molecule has 0 saturated carbocycles. The topological polar surface area (TPSA) is 128 Å². The third-order valence-corrected chi connectivity index (χ3v) is 5.61. The number of thiazole rings is 1. The SMILES string of the molecule is CC(C)(C)c1ccc(-c2csc(NC(=O)c3cc([N+](=O)[O-])c(Cl)c([N+](=O)[O-])c3)n2)cc1.